The summed E-state index contributed by atoms with van der Waals surface area (Å²) in [6.07, 6.45) is 1.39. The number of hydrogen-bond acceptors (Lipinski definition) is 3. The van der Waals surface area contributed by atoms with Gasteiger partial charge < -0.3 is 5.11 Å². The van der Waals surface area contributed by atoms with E-state index in [0.29, 0.717) is 18.5 Å². The second kappa shape index (κ2) is 5.26. The predicted molar refractivity (Wildman–Crippen MR) is 78.3 cm³/mol. The molecule has 1 aliphatic heterocycles. The van der Waals surface area contributed by atoms with Gasteiger partial charge in [-0.05, 0) is 25.0 Å². The summed E-state index contributed by atoms with van der Waals surface area (Å²) in [5.41, 5.74) is -0.343. The van der Waals surface area contributed by atoms with E-state index in [0.717, 1.165) is 4.90 Å². The molecule has 0 saturated carbocycles. The van der Waals surface area contributed by atoms with Crippen molar-refractivity contribution in [2.45, 2.75) is 33.1 Å². The van der Waals surface area contributed by atoms with Crippen LogP contribution >= 0.6 is 23.2 Å². The molecule has 0 spiro atoms. The van der Waals surface area contributed by atoms with Gasteiger partial charge in [-0.3, -0.25) is 9.59 Å². The second-order valence-electron chi connectivity index (χ2n) is 4.96. The Morgan fingerprint density at radius 3 is 2.10 bits per heavy atom. The lowest BCUT2D eigenvalue weighted by Gasteiger charge is -2.23. The fourth-order valence-electron chi connectivity index (χ4n) is 2.54. The lowest BCUT2D eigenvalue weighted by Crippen LogP contribution is -2.35. The molecule has 0 aromatic heterocycles. The standard InChI is InChI=1S/C14H15Cl2NO3/c1-3-14(4-2)7-11(18)17(13(14)20)8-5-9(15)12(19)10(16)6-8/h5-6,19H,3-4,7H2,1-2H3. The number of anilines is 1. The summed E-state index contributed by atoms with van der Waals surface area (Å²) in [6.45, 7) is 3.80. The number of hydrogen-bond donors (Lipinski definition) is 1. The van der Waals surface area contributed by atoms with Gasteiger partial charge in [0.1, 0.15) is 0 Å². The van der Waals surface area contributed by atoms with Crippen LogP contribution in [0, 0.1) is 5.41 Å². The number of carbonyl (C=O) groups is 2. The molecule has 1 saturated heterocycles. The van der Waals surface area contributed by atoms with E-state index in [1.54, 1.807) is 0 Å². The van der Waals surface area contributed by atoms with Crippen LogP contribution in [0.2, 0.25) is 10.0 Å². The van der Waals surface area contributed by atoms with E-state index < -0.39 is 5.41 Å². The van der Waals surface area contributed by atoms with Crippen LogP contribution in [-0.2, 0) is 9.59 Å². The molecule has 4 nitrogen and oxygen atoms in total. The van der Waals surface area contributed by atoms with E-state index in [2.05, 4.69) is 0 Å². The van der Waals surface area contributed by atoms with Gasteiger partial charge in [-0.25, -0.2) is 4.90 Å². The Balaban J connectivity index is 2.49. The maximum Gasteiger partial charge on any atom is 0.240 e. The molecule has 0 aliphatic carbocycles. The van der Waals surface area contributed by atoms with E-state index in [1.165, 1.54) is 12.1 Å². The summed E-state index contributed by atoms with van der Waals surface area (Å²) in [7, 11) is 0. The van der Waals surface area contributed by atoms with Gasteiger partial charge in [-0.2, -0.15) is 0 Å². The van der Waals surface area contributed by atoms with Crippen LogP contribution in [0.3, 0.4) is 0 Å². The number of phenolic OH excluding ortho intramolecular Hbond substituents is 1. The number of nitrogens with zero attached hydrogens (tertiary/aromatic N) is 1. The molecule has 108 valence electrons. The number of phenols is 1. The molecule has 20 heavy (non-hydrogen) atoms. The van der Waals surface area contributed by atoms with Gasteiger partial charge in [-0.1, -0.05) is 37.0 Å². The molecule has 0 unspecified atom stereocenters. The molecule has 2 rings (SSSR count). The number of halogens is 2. The fourth-order valence-corrected chi connectivity index (χ4v) is 3.02. The van der Waals surface area contributed by atoms with Crippen molar-refractivity contribution in [2.75, 3.05) is 4.90 Å². The van der Waals surface area contributed by atoms with E-state index in [9.17, 15) is 14.7 Å². The van der Waals surface area contributed by atoms with Crippen LogP contribution in [-0.4, -0.2) is 16.9 Å². The van der Waals surface area contributed by atoms with Crippen LogP contribution in [0.15, 0.2) is 12.1 Å². The van der Waals surface area contributed by atoms with Crippen molar-refractivity contribution >= 4 is 40.7 Å². The summed E-state index contributed by atoms with van der Waals surface area (Å²) in [5, 5.41) is 9.57. The monoisotopic (exact) mass is 315 g/mol. The Kier molecular flexibility index (Phi) is 3.98. The summed E-state index contributed by atoms with van der Waals surface area (Å²) < 4.78 is 0. The Bertz CT molecular complexity index is 559. The summed E-state index contributed by atoms with van der Waals surface area (Å²) in [5.74, 6) is -0.754. The van der Waals surface area contributed by atoms with E-state index in [1.807, 2.05) is 13.8 Å². The van der Waals surface area contributed by atoms with Crippen LogP contribution in [0.4, 0.5) is 5.69 Å². The van der Waals surface area contributed by atoms with Crippen molar-refractivity contribution in [1.82, 2.24) is 0 Å². The van der Waals surface area contributed by atoms with Gasteiger partial charge in [0.15, 0.2) is 5.75 Å². The second-order valence-corrected chi connectivity index (χ2v) is 5.77. The molecule has 0 radical (unpaired) electrons. The maximum absolute atomic E-state index is 12.6. The Labute approximate surface area is 127 Å². The van der Waals surface area contributed by atoms with E-state index in [-0.39, 0.29) is 34.0 Å². The first-order valence-corrected chi connectivity index (χ1v) is 7.17. The van der Waals surface area contributed by atoms with Crippen LogP contribution < -0.4 is 4.90 Å². The predicted octanol–water partition coefficient (Wildman–Crippen LogP) is 3.77. The zero-order valence-electron chi connectivity index (χ0n) is 11.2. The first kappa shape index (κ1) is 15.1. The molecule has 0 bridgehead atoms. The molecule has 1 fully saturated rings. The lowest BCUT2D eigenvalue weighted by atomic mass is 9.81. The quantitative estimate of drug-likeness (QED) is 0.864. The zero-order chi connectivity index (χ0) is 15.1. The highest BCUT2D eigenvalue weighted by atomic mass is 35.5. The first-order chi connectivity index (χ1) is 9.36. The van der Waals surface area contributed by atoms with Crippen LogP contribution in [0.5, 0.6) is 5.75 Å². The molecular weight excluding hydrogens is 301 g/mol. The SMILES string of the molecule is CCC1(CC)CC(=O)N(c2cc(Cl)c(O)c(Cl)c2)C1=O. The maximum atomic E-state index is 12.6. The number of amides is 2. The number of imide groups is 1. The Morgan fingerprint density at radius 2 is 1.70 bits per heavy atom. The minimum absolute atomic E-state index is 0.0126. The molecule has 1 N–H and O–H groups in total. The highest BCUT2D eigenvalue weighted by Crippen LogP contribution is 2.43. The van der Waals surface area contributed by atoms with Gasteiger partial charge in [0, 0.05) is 6.42 Å². The van der Waals surface area contributed by atoms with Crippen molar-refractivity contribution in [3.63, 3.8) is 0 Å². The third-order valence-electron chi connectivity index (χ3n) is 4.01. The summed E-state index contributed by atoms with van der Waals surface area (Å²) >= 11 is 11.7. The molecule has 0 atom stereocenters. The first-order valence-electron chi connectivity index (χ1n) is 6.41. The normalized spacial score (nSPS) is 17.9. The van der Waals surface area contributed by atoms with E-state index in [4.69, 9.17) is 23.2 Å². The fraction of sp³-hybridized carbons (Fsp3) is 0.429. The smallest absolute Gasteiger partial charge is 0.240 e. The van der Waals surface area contributed by atoms with Crippen molar-refractivity contribution in [3.8, 4) is 5.75 Å². The third kappa shape index (κ3) is 2.17. The average molecular weight is 316 g/mol. The van der Waals surface area contributed by atoms with Crippen molar-refractivity contribution in [2.24, 2.45) is 5.41 Å². The topological polar surface area (TPSA) is 57.6 Å². The molecule has 1 aromatic rings. The average Bonchev–Trinajstić information content (AvgIpc) is 2.67. The Morgan fingerprint density at radius 1 is 1.20 bits per heavy atom. The number of carbonyl (C=O) groups excluding carboxylic acids is 2. The van der Waals surface area contributed by atoms with Crippen molar-refractivity contribution in [1.29, 1.82) is 0 Å². The molecular formula is C14H15Cl2NO3. The van der Waals surface area contributed by atoms with Crippen LogP contribution in [0.25, 0.3) is 0 Å². The lowest BCUT2D eigenvalue weighted by molar-refractivity contribution is -0.126. The largest absolute Gasteiger partial charge is 0.505 e. The number of aromatic hydroxyl groups is 1. The van der Waals surface area contributed by atoms with Crippen LogP contribution in [0.1, 0.15) is 33.1 Å². The summed E-state index contributed by atoms with van der Waals surface area (Å²) in [6, 6.07) is 2.75. The number of benzene rings is 1. The highest BCUT2D eigenvalue weighted by molar-refractivity contribution is 6.38. The Hall–Kier alpha value is -1.26. The van der Waals surface area contributed by atoms with Gasteiger partial charge in [0.2, 0.25) is 11.8 Å². The van der Waals surface area contributed by atoms with Crippen molar-refractivity contribution < 1.29 is 14.7 Å². The van der Waals surface area contributed by atoms with Gasteiger partial charge in [-0.15, -0.1) is 0 Å². The molecule has 1 heterocycles. The van der Waals surface area contributed by atoms with Gasteiger partial charge >= 0.3 is 0 Å². The molecule has 6 heteroatoms. The zero-order valence-corrected chi connectivity index (χ0v) is 12.8. The third-order valence-corrected chi connectivity index (χ3v) is 4.59. The van der Waals surface area contributed by atoms with E-state index >= 15 is 0 Å². The minimum Gasteiger partial charge on any atom is -0.505 e. The summed E-state index contributed by atoms with van der Waals surface area (Å²) in [4.78, 5) is 25.9. The van der Waals surface area contributed by atoms with Crippen molar-refractivity contribution in [3.05, 3.63) is 22.2 Å². The molecule has 1 aromatic carbocycles. The molecule has 1 aliphatic rings. The molecule has 2 amide bonds. The number of rotatable bonds is 3. The van der Waals surface area contributed by atoms with Gasteiger partial charge in [0.25, 0.3) is 0 Å². The highest BCUT2D eigenvalue weighted by Gasteiger charge is 2.49. The van der Waals surface area contributed by atoms with Gasteiger partial charge in [0.05, 0.1) is 21.1 Å². The minimum atomic E-state index is -0.645.